The van der Waals surface area contributed by atoms with Crippen LogP contribution in [0.3, 0.4) is 0 Å². The second kappa shape index (κ2) is 9.85. The maximum Gasteiger partial charge on any atom is 0.252 e. The molecular formula is C21H26N2O3. The van der Waals surface area contributed by atoms with Crippen molar-refractivity contribution in [1.82, 2.24) is 10.6 Å². The molecule has 0 aliphatic rings. The topological polar surface area (TPSA) is 67.4 Å². The quantitative estimate of drug-likeness (QED) is 0.536. The van der Waals surface area contributed by atoms with Crippen molar-refractivity contribution in [3.05, 3.63) is 70.3 Å². The van der Waals surface area contributed by atoms with Gasteiger partial charge in [-0.1, -0.05) is 35.9 Å². The average molecular weight is 354 g/mol. The van der Waals surface area contributed by atoms with Gasteiger partial charge in [0.2, 0.25) is 0 Å². The predicted octanol–water partition coefficient (Wildman–Crippen LogP) is 2.50. The van der Waals surface area contributed by atoms with Gasteiger partial charge in [0.05, 0.1) is 12.2 Å². The molecular weight excluding hydrogens is 328 g/mol. The van der Waals surface area contributed by atoms with Crippen molar-refractivity contribution in [3.63, 3.8) is 0 Å². The van der Waals surface area contributed by atoms with Crippen LogP contribution in [0.15, 0.2) is 42.5 Å². The van der Waals surface area contributed by atoms with Gasteiger partial charge in [-0.3, -0.25) is 9.59 Å². The highest BCUT2D eigenvalue weighted by Gasteiger charge is 2.19. The first-order valence-corrected chi connectivity index (χ1v) is 8.73. The molecule has 2 aromatic carbocycles. The van der Waals surface area contributed by atoms with E-state index in [0.717, 1.165) is 17.7 Å². The molecule has 2 rings (SSSR count). The van der Waals surface area contributed by atoms with Crippen molar-refractivity contribution < 1.29 is 14.3 Å². The number of methoxy groups -OCH3 is 1. The number of nitrogens with one attached hydrogen (secondary N) is 2. The zero-order chi connectivity index (χ0) is 18.9. The summed E-state index contributed by atoms with van der Waals surface area (Å²) in [6, 6.07) is 12.7. The molecule has 0 heterocycles. The lowest BCUT2D eigenvalue weighted by atomic mass is 9.94. The lowest BCUT2D eigenvalue weighted by Crippen LogP contribution is -2.33. The third kappa shape index (κ3) is 5.25. The number of amides is 1. The second-order valence-corrected chi connectivity index (χ2v) is 6.19. The molecule has 2 N–H and O–H groups in total. The maximum atomic E-state index is 13.0. The fourth-order valence-corrected chi connectivity index (χ4v) is 2.66. The first kappa shape index (κ1) is 19.8. The maximum absolute atomic E-state index is 13.0. The summed E-state index contributed by atoms with van der Waals surface area (Å²) in [5.41, 5.74) is 3.37. The number of ether oxygens (including phenoxy) is 1. The Morgan fingerprint density at radius 3 is 2.38 bits per heavy atom. The predicted molar refractivity (Wildman–Crippen MR) is 103 cm³/mol. The number of benzene rings is 2. The van der Waals surface area contributed by atoms with Crippen LogP contribution in [0.2, 0.25) is 0 Å². The summed E-state index contributed by atoms with van der Waals surface area (Å²) >= 11 is 0. The minimum Gasteiger partial charge on any atom is -0.383 e. The SMILES string of the molecule is COCCNCCNC(=O)c1ccccc1C(=O)c1cc(C)ccc1C. The Morgan fingerprint density at radius 1 is 0.923 bits per heavy atom. The molecule has 0 aromatic heterocycles. The van der Waals surface area contributed by atoms with E-state index in [2.05, 4.69) is 10.6 Å². The molecule has 0 saturated heterocycles. The summed E-state index contributed by atoms with van der Waals surface area (Å²) in [6.07, 6.45) is 0. The van der Waals surface area contributed by atoms with Crippen LogP contribution in [0.25, 0.3) is 0 Å². The van der Waals surface area contributed by atoms with Crippen molar-refractivity contribution in [2.24, 2.45) is 0 Å². The van der Waals surface area contributed by atoms with Crippen LogP contribution in [-0.2, 0) is 4.74 Å². The molecule has 5 heteroatoms. The number of ketones is 1. The van der Waals surface area contributed by atoms with Crippen molar-refractivity contribution >= 4 is 11.7 Å². The monoisotopic (exact) mass is 354 g/mol. The average Bonchev–Trinajstić information content (AvgIpc) is 2.65. The van der Waals surface area contributed by atoms with Crippen LogP contribution >= 0.6 is 0 Å². The van der Waals surface area contributed by atoms with Crippen molar-refractivity contribution in [2.45, 2.75) is 13.8 Å². The minimum absolute atomic E-state index is 0.129. The summed E-state index contributed by atoms with van der Waals surface area (Å²) in [5, 5.41) is 6.02. The fraction of sp³-hybridized carbons (Fsp3) is 0.333. The van der Waals surface area contributed by atoms with Crippen molar-refractivity contribution in [3.8, 4) is 0 Å². The highest BCUT2D eigenvalue weighted by molar-refractivity contribution is 6.15. The lowest BCUT2D eigenvalue weighted by molar-refractivity contribution is 0.0942. The first-order valence-electron chi connectivity index (χ1n) is 8.73. The number of carbonyl (C=O) groups excluding carboxylic acids is 2. The van der Waals surface area contributed by atoms with E-state index in [1.807, 2.05) is 32.0 Å². The molecule has 2 aromatic rings. The molecule has 138 valence electrons. The number of hydrogen-bond donors (Lipinski definition) is 2. The molecule has 0 atom stereocenters. The molecule has 0 spiro atoms. The molecule has 0 unspecified atom stereocenters. The van der Waals surface area contributed by atoms with E-state index in [1.54, 1.807) is 31.4 Å². The summed E-state index contributed by atoms with van der Waals surface area (Å²) in [4.78, 5) is 25.5. The van der Waals surface area contributed by atoms with Gasteiger partial charge in [0.15, 0.2) is 5.78 Å². The van der Waals surface area contributed by atoms with E-state index in [4.69, 9.17) is 4.74 Å². The summed E-state index contributed by atoms with van der Waals surface area (Å²) < 4.78 is 4.95. The molecule has 0 saturated carbocycles. The van der Waals surface area contributed by atoms with E-state index in [-0.39, 0.29) is 11.7 Å². The third-order valence-electron chi connectivity index (χ3n) is 4.12. The van der Waals surface area contributed by atoms with Crippen LogP contribution in [0.4, 0.5) is 0 Å². The van der Waals surface area contributed by atoms with Crippen LogP contribution in [0.1, 0.15) is 37.4 Å². The van der Waals surface area contributed by atoms with E-state index >= 15 is 0 Å². The Hall–Kier alpha value is -2.50. The molecule has 0 aliphatic carbocycles. The Labute approximate surface area is 154 Å². The zero-order valence-electron chi connectivity index (χ0n) is 15.6. The van der Waals surface area contributed by atoms with Gasteiger partial charge in [-0.05, 0) is 31.5 Å². The summed E-state index contributed by atoms with van der Waals surface area (Å²) in [7, 11) is 1.65. The van der Waals surface area contributed by atoms with Gasteiger partial charge in [-0.15, -0.1) is 0 Å². The van der Waals surface area contributed by atoms with Gasteiger partial charge in [0.25, 0.3) is 5.91 Å². The number of hydrogen-bond acceptors (Lipinski definition) is 4. The number of carbonyl (C=O) groups is 2. The van der Waals surface area contributed by atoms with Crippen LogP contribution in [0, 0.1) is 13.8 Å². The van der Waals surface area contributed by atoms with Gasteiger partial charge in [-0.2, -0.15) is 0 Å². The first-order chi connectivity index (χ1) is 12.5. The largest absolute Gasteiger partial charge is 0.383 e. The molecule has 0 bridgehead atoms. The highest BCUT2D eigenvalue weighted by atomic mass is 16.5. The smallest absolute Gasteiger partial charge is 0.252 e. The zero-order valence-corrected chi connectivity index (χ0v) is 15.6. The highest BCUT2D eigenvalue weighted by Crippen LogP contribution is 2.19. The fourth-order valence-electron chi connectivity index (χ4n) is 2.66. The summed E-state index contributed by atoms with van der Waals surface area (Å²) in [5.74, 6) is -0.372. The molecule has 0 radical (unpaired) electrons. The Balaban J connectivity index is 2.10. The standard InChI is InChI=1S/C21H26N2O3/c1-15-8-9-16(2)19(14-15)20(24)17-6-4-5-7-18(17)21(25)23-11-10-22-12-13-26-3/h4-9,14,22H,10-13H2,1-3H3,(H,23,25). The van der Waals surface area contributed by atoms with Crippen molar-refractivity contribution in [1.29, 1.82) is 0 Å². The molecule has 1 amide bonds. The van der Waals surface area contributed by atoms with E-state index in [0.29, 0.717) is 36.4 Å². The lowest BCUT2D eigenvalue weighted by Gasteiger charge is -2.12. The minimum atomic E-state index is -0.243. The van der Waals surface area contributed by atoms with Gasteiger partial charge in [-0.25, -0.2) is 0 Å². The van der Waals surface area contributed by atoms with E-state index in [9.17, 15) is 9.59 Å². The van der Waals surface area contributed by atoms with Gasteiger partial charge >= 0.3 is 0 Å². The number of rotatable bonds is 9. The second-order valence-electron chi connectivity index (χ2n) is 6.19. The third-order valence-corrected chi connectivity index (χ3v) is 4.12. The Bertz CT molecular complexity index is 772. The Morgan fingerprint density at radius 2 is 1.65 bits per heavy atom. The molecule has 0 fully saturated rings. The van der Waals surface area contributed by atoms with Gasteiger partial charge in [0.1, 0.15) is 0 Å². The normalized spacial score (nSPS) is 10.6. The van der Waals surface area contributed by atoms with Crippen LogP contribution in [-0.4, -0.2) is 45.0 Å². The van der Waals surface area contributed by atoms with Crippen LogP contribution in [0.5, 0.6) is 0 Å². The summed E-state index contributed by atoms with van der Waals surface area (Å²) in [6.45, 7) is 6.33. The van der Waals surface area contributed by atoms with Crippen molar-refractivity contribution in [2.75, 3.05) is 33.4 Å². The molecule has 26 heavy (non-hydrogen) atoms. The van der Waals surface area contributed by atoms with Gasteiger partial charge in [0, 0.05) is 37.9 Å². The van der Waals surface area contributed by atoms with E-state index < -0.39 is 0 Å². The molecule has 0 aliphatic heterocycles. The number of aryl methyl sites for hydroxylation is 2. The van der Waals surface area contributed by atoms with E-state index in [1.165, 1.54) is 0 Å². The van der Waals surface area contributed by atoms with Gasteiger partial charge < -0.3 is 15.4 Å². The van der Waals surface area contributed by atoms with Crippen LogP contribution < -0.4 is 10.6 Å². The molecule has 5 nitrogen and oxygen atoms in total. The Kier molecular flexibility index (Phi) is 7.51.